The minimum atomic E-state index is -0.185. The number of esters is 1. The molecule has 0 radical (unpaired) electrons. The first-order valence-corrected chi connectivity index (χ1v) is 7.11. The number of benzene rings is 1. The van der Waals surface area contributed by atoms with Gasteiger partial charge in [-0.3, -0.25) is 4.79 Å². The van der Waals surface area contributed by atoms with E-state index in [4.69, 9.17) is 9.47 Å². The van der Waals surface area contributed by atoms with Crippen LogP contribution in [0.2, 0.25) is 0 Å². The molecule has 0 fully saturated rings. The second kappa shape index (κ2) is 8.59. The molecule has 0 saturated carbocycles. The van der Waals surface area contributed by atoms with Crippen molar-refractivity contribution in [2.45, 2.75) is 45.8 Å². The van der Waals surface area contributed by atoms with Gasteiger partial charge in [0.05, 0.1) is 19.6 Å². The number of nitrogens with one attached hydrogen (secondary N) is 1. The summed E-state index contributed by atoms with van der Waals surface area (Å²) in [6.45, 7) is 6.87. The number of rotatable bonds is 8. The summed E-state index contributed by atoms with van der Waals surface area (Å²) in [4.78, 5) is 11.4. The smallest absolute Gasteiger partial charge is 0.307 e. The molecule has 0 heterocycles. The molecule has 1 N–H and O–H groups in total. The molecule has 1 unspecified atom stereocenters. The zero-order valence-corrected chi connectivity index (χ0v) is 12.8. The lowest BCUT2D eigenvalue weighted by Crippen LogP contribution is -2.33. The van der Waals surface area contributed by atoms with Crippen LogP contribution in [-0.2, 0) is 16.0 Å². The van der Waals surface area contributed by atoms with E-state index in [1.165, 1.54) is 12.7 Å². The van der Waals surface area contributed by atoms with Crippen LogP contribution in [0.15, 0.2) is 24.3 Å². The van der Waals surface area contributed by atoms with E-state index in [1.807, 2.05) is 45.0 Å². The number of hydrogen-bond donors (Lipinski definition) is 1. The normalized spacial score (nSPS) is 12.2. The highest BCUT2D eigenvalue weighted by molar-refractivity contribution is 5.70. The van der Waals surface area contributed by atoms with Gasteiger partial charge in [0.1, 0.15) is 5.75 Å². The molecule has 0 aliphatic carbocycles. The maximum Gasteiger partial charge on any atom is 0.307 e. The Hall–Kier alpha value is -1.55. The van der Waals surface area contributed by atoms with Crippen molar-refractivity contribution < 1.29 is 14.3 Å². The molecule has 0 aliphatic rings. The van der Waals surface area contributed by atoms with Crippen molar-refractivity contribution in [3.63, 3.8) is 0 Å². The van der Waals surface area contributed by atoms with Crippen molar-refractivity contribution in [1.82, 2.24) is 5.32 Å². The fourth-order valence-corrected chi connectivity index (χ4v) is 2.05. The highest BCUT2D eigenvalue weighted by atomic mass is 16.5. The molecule has 0 saturated heterocycles. The van der Waals surface area contributed by atoms with Gasteiger partial charge in [0.15, 0.2) is 0 Å². The van der Waals surface area contributed by atoms with Crippen LogP contribution in [-0.4, -0.2) is 31.8 Å². The predicted molar refractivity (Wildman–Crippen MR) is 80.0 cm³/mol. The standard InChI is InChI=1S/C16H25NO3/c1-5-17-14(11-16(18)19-4)10-13-6-8-15(9-7-13)20-12(2)3/h6-9,12,14,17H,5,10-11H2,1-4H3. The zero-order valence-electron chi connectivity index (χ0n) is 12.8. The summed E-state index contributed by atoms with van der Waals surface area (Å²) in [6, 6.07) is 8.12. The van der Waals surface area contributed by atoms with Gasteiger partial charge in [0.25, 0.3) is 0 Å². The number of carbonyl (C=O) groups excluding carboxylic acids is 1. The quantitative estimate of drug-likeness (QED) is 0.743. The van der Waals surface area contributed by atoms with E-state index >= 15 is 0 Å². The lowest BCUT2D eigenvalue weighted by Gasteiger charge is -2.17. The monoisotopic (exact) mass is 279 g/mol. The van der Waals surface area contributed by atoms with E-state index in [0.717, 1.165) is 18.7 Å². The van der Waals surface area contributed by atoms with Crippen LogP contribution in [0, 0.1) is 0 Å². The molecular weight excluding hydrogens is 254 g/mol. The third-order valence-corrected chi connectivity index (χ3v) is 2.91. The lowest BCUT2D eigenvalue weighted by atomic mass is 10.0. The fourth-order valence-electron chi connectivity index (χ4n) is 2.05. The summed E-state index contributed by atoms with van der Waals surface area (Å²) in [6.07, 6.45) is 1.36. The summed E-state index contributed by atoms with van der Waals surface area (Å²) in [5.74, 6) is 0.687. The van der Waals surface area contributed by atoms with Crippen LogP contribution >= 0.6 is 0 Å². The minimum Gasteiger partial charge on any atom is -0.491 e. The van der Waals surface area contributed by atoms with Gasteiger partial charge in [-0.2, -0.15) is 0 Å². The molecule has 1 atom stereocenters. The Morgan fingerprint density at radius 2 is 1.90 bits per heavy atom. The molecule has 4 nitrogen and oxygen atoms in total. The van der Waals surface area contributed by atoms with Crippen LogP contribution < -0.4 is 10.1 Å². The Balaban J connectivity index is 2.61. The van der Waals surface area contributed by atoms with Crippen molar-refractivity contribution in [2.75, 3.05) is 13.7 Å². The van der Waals surface area contributed by atoms with Crippen LogP contribution in [0.1, 0.15) is 32.8 Å². The van der Waals surface area contributed by atoms with E-state index < -0.39 is 0 Å². The first kappa shape index (κ1) is 16.5. The molecular formula is C16H25NO3. The Kier molecular flexibility index (Phi) is 7.09. The average molecular weight is 279 g/mol. The summed E-state index contributed by atoms with van der Waals surface area (Å²) < 4.78 is 10.3. The Labute approximate surface area is 121 Å². The number of hydrogen-bond acceptors (Lipinski definition) is 4. The number of methoxy groups -OCH3 is 1. The topological polar surface area (TPSA) is 47.6 Å². The maximum absolute atomic E-state index is 11.4. The summed E-state index contributed by atoms with van der Waals surface area (Å²) in [7, 11) is 1.42. The van der Waals surface area contributed by atoms with E-state index in [9.17, 15) is 4.79 Å². The number of likely N-dealkylation sites (N-methyl/N-ethyl adjacent to an activating group) is 1. The molecule has 1 aromatic carbocycles. The van der Waals surface area contributed by atoms with Crippen molar-refractivity contribution in [3.8, 4) is 5.75 Å². The van der Waals surface area contributed by atoms with Gasteiger partial charge in [-0.05, 0) is 44.5 Å². The average Bonchev–Trinajstić information content (AvgIpc) is 2.40. The van der Waals surface area contributed by atoms with Crippen molar-refractivity contribution in [3.05, 3.63) is 29.8 Å². The van der Waals surface area contributed by atoms with Gasteiger partial charge in [-0.25, -0.2) is 0 Å². The van der Waals surface area contributed by atoms with Crippen LogP contribution in [0.4, 0.5) is 0 Å². The Morgan fingerprint density at radius 1 is 1.25 bits per heavy atom. The van der Waals surface area contributed by atoms with Crippen molar-refractivity contribution in [1.29, 1.82) is 0 Å². The summed E-state index contributed by atoms with van der Waals surface area (Å²) >= 11 is 0. The van der Waals surface area contributed by atoms with Gasteiger partial charge in [0.2, 0.25) is 0 Å². The van der Waals surface area contributed by atoms with Gasteiger partial charge in [-0.1, -0.05) is 19.1 Å². The molecule has 1 aromatic rings. The predicted octanol–water partition coefficient (Wildman–Crippen LogP) is 2.56. The molecule has 0 aromatic heterocycles. The minimum absolute atomic E-state index is 0.101. The zero-order chi connectivity index (χ0) is 15.0. The molecule has 0 aliphatic heterocycles. The van der Waals surface area contributed by atoms with Crippen LogP contribution in [0.3, 0.4) is 0 Å². The van der Waals surface area contributed by atoms with E-state index in [2.05, 4.69) is 5.32 Å². The van der Waals surface area contributed by atoms with Gasteiger partial charge in [0, 0.05) is 6.04 Å². The third kappa shape index (κ3) is 6.06. The molecule has 0 spiro atoms. The second-order valence-electron chi connectivity index (χ2n) is 5.05. The maximum atomic E-state index is 11.4. The largest absolute Gasteiger partial charge is 0.491 e. The van der Waals surface area contributed by atoms with Crippen LogP contribution in [0.25, 0.3) is 0 Å². The molecule has 20 heavy (non-hydrogen) atoms. The fraction of sp³-hybridized carbons (Fsp3) is 0.562. The molecule has 4 heteroatoms. The number of ether oxygens (including phenoxy) is 2. The van der Waals surface area contributed by atoms with Gasteiger partial charge < -0.3 is 14.8 Å². The lowest BCUT2D eigenvalue weighted by molar-refractivity contribution is -0.141. The number of carbonyl (C=O) groups is 1. The van der Waals surface area contributed by atoms with E-state index in [1.54, 1.807) is 0 Å². The molecule has 0 bridgehead atoms. The molecule has 1 rings (SSSR count). The molecule has 0 amide bonds. The SMILES string of the molecule is CCNC(CC(=O)OC)Cc1ccc(OC(C)C)cc1. The second-order valence-corrected chi connectivity index (χ2v) is 5.05. The van der Waals surface area contributed by atoms with E-state index in [0.29, 0.717) is 6.42 Å². The van der Waals surface area contributed by atoms with Crippen molar-refractivity contribution in [2.24, 2.45) is 0 Å². The summed E-state index contributed by atoms with van der Waals surface area (Å²) in [5.41, 5.74) is 1.18. The van der Waals surface area contributed by atoms with Crippen LogP contribution in [0.5, 0.6) is 5.75 Å². The molecule has 112 valence electrons. The van der Waals surface area contributed by atoms with E-state index in [-0.39, 0.29) is 18.1 Å². The summed E-state index contributed by atoms with van der Waals surface area (Å²) in [5, 5.41) is 3.31. The highest BCUT2D eigenvalue weighted by Gasteiger charge is 2.13. The third-order valence-electron chi connectivity index (χ3n) is 2.91. The Morgan fingerprint density at radius 3 is 2.40 bits per heavy atom. The highest BCUT2D eigenvalue weighted by Crippen LogP contribution is 2.15. The van der Waals surface area contributed by atoms with Crippen molar-refractivity contribution >= 4 is 5.97 Å². The van der Waals surface area contributed by atoms with Gasteiger partial charge >= 0.3 is 5.97 Å². The first-order chi connectivity index (χ1) is 9.55. The van der Waals surface area contributed by atoms with Gasteiger partial charge in [-0.15, -0.1) is 0 Å². The first-order valence-electron chi connectivity index (χ1n) is 7.11. The Bertz CT molecular complexity index is 401.